The minimum absolute atomic E-state index is 0.0426. The molecule has 3 rings (SSSR count). The SMILES string of the molecule is O=C(CCC(=O)c1cccs1)NCCN1C(=O)S/C(=C\c2ccc(Cl)cc2Cl)C1=O. The smallest absolute Gasteiger partial charge is 0.293 e. The van der Waals surface area contributed by atoms with Crippen LogP contribution in [0.3, 0.4) is 0 Å². The van der Waals surface area contributed by atoms with E-state index in [1.165, 1.54) is 11.3 Å². The van der Waals surface area contributed by atoms with Gasteiger partial charge in [0.2, 0.25) is 5.91 Å². The Morgan fingerprint density at radius 3 is 2.63 bits per heavy atom. The number of rotatable bonds is 8. The molecule has 0 atom stereocenters. The zero-order valence-electron chi connectivity index (χ0n) is 15.5. The first kappa shape index (κ1) is 22.6. The number of nitrogens with zero attached hydrogens (tertiary/aromatic N) is 1. The maximum atomic E-state index is 12.5. The van der Waals surface area contributed by atoms with Crippen molar-refractivity contribution in [3.05, 3.63) is 61.1 Å². The van der Waals surface area contributed by atoms with Crippen molar-refractivity contribution in [2.45, 2.75) is 12.8 Å². The third-order valence-electron chi connectivity index (χ3n) is 4.16. The second kappa shape index (κ2) is 10.3. The molecule has 0 unspecified atom stereocenters. The van der Waals surface area contributed by atoms with Crippen molar-refractivity contribution in [1.82, 2.24) is 10.2 Å². The van der Waals surface area contributed by atoms with Crippen LogP contribution in [0.5, 0.6) is 0 Å². The van der Waals surface area contributed by atoms with E-state index in [1.54, 1.807) is 41.8 Å². The summed E-state index contributed by atoms with van der Waals surface area (Å²) in [5.74, 6) is -0.842. The first-order valence-electron chi connectivity index (χ1n) is 8.89. The number of ketones is 1. The Kier molecular flexibility index (Phi) is 7.71. The van der Waals surface area contributed by atoms with Crippen molar-refractivity contribution >= 4 is 75.2 Å². The van der Waals surface area contributed by atoms with Crippen LogP contribution in [0.1, 0.15) is 28.1 Å². The zero-order chi connectivity index (χ0) is 21.7. The summed E-state index contributed by atoms with van der Waals surface area (Å²) in [6.45, 7) is 0.153. The molecule has 1 aromatic carbocycles. The van der Waals surface area contributed by atoms with E-state index in [0.717, 1.165) is 16.7 Å². The van der Waals surface area contributed by atoms with Crippen LogP contribution in [0, 0.1) is 0 Å². The Balaban J connectivity index is 1.49. The van der Waals surface area contributed by atoms with E-state index in [0.29, 0.717) is 20.5 Å². The maximum Gasteiger partial charge on any atom is 0.293 e. The van der Waals surface area contributed by atoms with Gasteiger partial charge in [-0.2, -0.15) is 0 Å². The minimum atomic E-state index is -0.446. The molecule has 156 valence electrons. The van der Waals surface area contributed by atoms with Crippen molar-refractivity contribution in [2.24, 2.45) is 0 Å². The highest BCUT2D eigenvalue weighted by Crippen LogP contribution is 2.33. The Morgan fingerprint density at radius 2 is 1.93 bits per heavy atom. The van der Waals surface area contributed by atoms with Crippen molar-refractivity contribution < 1.29 is 19.2 Å². The third kappa shape index (κ3) is 5.72. The average Bonchev–Trinajstić information content (AvgIpc) is 3.33. The number of nitrogens with one attached hydrogen (secondary N) is 1. The summed E-state index contributed by atoms with van der Waals surface area (Å²) < 4.78 is 0. The molecule has 1 N–H and O–H groups in total. The van der Waals surface area contributed by atoms with Crippen LogP contribution in [0.15, 0.2) is 40.6 Å². The summed E-state index contributed by atoms with van der Waals surface area (Å²) in [5.41, 5.74) is 0.579. The molecule has 1 fully saturated rings. The molecule has 30 heavy (non-hydrogen) atoms. The number of halogens is 2. The standard InChI is InChI=1S/C20H16Cl2N2O4S2/c21-13-4-3-12(14(22)11-13)10-17-19(27)24(20(28)30-17)8-7-23-18(26)6-5-15(25)16-2-1-9-29-16/h1-4,9-11H,5-8H2,(H,23,26)/b17-10-. The highest BCUT2D eigenvalue weighted by Gasteiger charge is 2.34. The molecule has 2 heterocycles. The van der Waals surface area contributed by atoms with Gasteiger partial charge in [0.15, 0.2) is 5.78 Å². The number of carbonyl (C=O) groups excluding carboxylic acids is 4. The molecule has 10 heteroatoms. The number of hydrogen-bond donors (Lipinski definition) is 1. The molecule has 0 bridgehead atoms. The number of thioether (sulfide) groups is 1. The Bertz CT molecular complexity index is 1020. The molecule has 6 nitrogen and oxygen atoms in total. The fraction of sp³-hybridized carbons (Fsp3) is 0.200. The number of carbonyl (C=O) groups is 4. The maximum absolute atomic E-state index is 12.5. The van der Waals surface area contributed by atoms with Crippen LogP contribution in [-0.2, 0) is 9.59 Å². The van der Waals surface area contributed by atoms with Crippen molar-refractivity contribution in [1.29, 1.82) is 0 Å². The van der Waals surface area contributed by atoms with Gasteiger partial charge in [-0.15, -0.1) is 11.3 Å². The van der Waals surface area contributed by atoms with Crippen molar-refractivity contribution in [3.63, 3.8) is 0 Å². The number of Topliss-reactive ketones (excluding diaryl/α,β-unsaturated/α-hetero) is 1. The molecule has 1 aliphatic rings. The molecule has 0 saturated carbocycles. The molecular weight excluding hydrogens is 467 g/mol. The number of imide groups is 1. The minimum Gasteiger partial charge on any atom is -0.354 e. The summed E-state index contributed by atoms with van der Waals surface area (Å²) in [4.78, 5) is 50.5. The van der Waals surface area contributed by atoms with Crippen molar-refractivity contribution in [3.8, 4) is 0 Å². The summed E-state index contributed by atoms with van der Waals surface area (Å²) in [5, 5.41) is 4.86. The van der Waals surface area contributed by atoms with Gasteiger partial charge < -0.3 is 5.32 Å². The van der Waals surface area contributed by atoms with Crippen LogP contribution in [0.25, 0.3) is 6.08 Å². The van der Waals surface area contributed by atoms with Crippen LogP contribution < -0.4 is 5.32 Å². The van der Waals surface area contributed by atoms with E-state index in [9.17, 15) is 19.2 Å². The molecule has 1 aliphatic heterocycles. The molecule has 0 spiro atoms. The lowest BCUT2D eigenvalue weighted by molar-refractivity contribution is -0.124. The summed E-state index contributed by atoms with van der Waals surface area (Å²) in [7, 11) is 0. The quantitative estimate of drug-likeness (QED) is 0.428. The number of thiophene rings is 1. The van der Waals surface area contributed by atoms with E-state index in [1.807, 2.05) is 0 Å². The van der Waals surface area contributed by atoms with E-state index in [-0.39, 0.29) is 42.5 Å². The van der Waals surface area contributed by atoms with Gasteiger partial charge in [-0.1, -0.05) is 35.3 Å². The summed E-state index contributed by atoms with van der Waals surface area (Å²) >= 11 is 14.1. The van der Waals surface area contributed by atoms with Gasteiger partial charge in [-0.05, 0) is 47.0 Å². The topological polar surface area (TPSA) is 83.6 Å². The molecule has 1 saturated heterocycles. The van der Waals surface area contributed by atoms with Crippen molar-refractivity contribution in [2.75, 3.05) is 13.1 Å². The van der Waals surface area contributed by atoms with E-state index >= 15 is 0 Å². The van der Waals surface area contributed by atoms with Crippen LogP contribution in [-0.4, -0.2) is 40.8 Å². The first-order chi connectivity index (χ1) is 14.3. The molecule has 0 aliphatic carbocycles. The monoisotopic (exact) mass is 482 g/mol. The largest absolute Gasteiger partial charge is 0.354 e. The van der Waals surface area contributed by atoms with Gasteiger partial charge in [0.25, 0.3) is 11.1 Å². The Morgan fingerprint density at radius 1 is 1.13 bits per heavy atom. The van der Waals surface area contributed by atoms with Crippen LogP contribution in [0.2, 0.25) is 10.0 Å². The fourth-order valence-electron chi connectivity index (χ4n) is 2.64. The molecule has 1 aromatic heterocycles. The molecule has 2 aromatic rings. The number of hydrogen-bond acceptors (Lipinski definition) is 6. The second-order valence-corrected chi connectivity index (χ2v) is 9.03. The van der Waals surface area contributed by atoms with E-state index < -0.39 is 11.1 Å². The first-order valence-corrected chi connectivity index (χ1v) is 11.3. The highest BCUT2D eigenvalue weighted by atomic mass is 35.5. The van der Waals surface area contributed by atoms with E-state index in [2.05, 4.69) is 5.32 Å². The number of benzene rings is 1. The molecule has 3 amide bonds. The van der Waals surface area contributed by atoms with Crippen LogP contribution in [0.4, 0.5) is 4.79 Å². The fourth-order valence-corrected chi connectivity index (χ4v) is 4.65. The lowest BCUT2D eigenvalue weighted by atomic mass is 10.2. The van der Waals surface area contributed by atoms with Gasteiger partial charge in [0, 0.05) is 36.0 Å². The average molecular weight is 483 g/mol. The van der Waals surface area contributed by atoms with Gasteiger partial charge in [0.05, 0.1) is 9.78 Å². The lowest BCUT2D eigenvalue weighted by Gasteiger charge is -2.12. The predicted octanol–water partition coefficient (Wildman–Crippen LogP) is 4.87. The van der Waals surface area contributed by atoms with E-state index in [4.69, 9.17) is 23.2 Å². The molecule has 0 radical (unpaired) electrons. The molecular formula is C20H16Cl2N2O4S2. The van der Waals surface area contributed by atoms with Crippen LogP contribution >= 0.6 is 46.3 Å². The Labute approximate surface area is 191 Å². The van der Waals surface area contributed by atoms with Gasteiger partial charge >= 0.3 is 0 Å². The predicted molar refractivity (Wildman–Crippen MR) is 120 cm³/mol. The van der Waals surface area contributed by atoms with Gasteiger partial charge in [-0.3, -0.25) is 24.1 Å². The third-order valence-corrected chi connectivity index (χ3v) is 6.54. The number of amides is 3. The van der Waals surface area contributed by atoms with Gasteiger partial charge in [0.1, 0.15) is 0 Å². The summed E-state index contributed by atoms with van der Waals surface area (Å²) in [6, 6.07) is 8.36. The summed E-state index contributed by atoms with van der Waals surface area (Å²) in [6.07, 6.45) is 1.70. The zero-order valence-corrected chi connectivity index (χ0v) is 18.7. The second-order valence-electron chi connectivity index (χ2n) is 6.25. The lowest BCUT2D eigenvalue weighted by Crippen LogP contribution is -2.37. The highest BCUT2D eigenvalue weighted by molar-refractivity contribution is 8.18. The Hall–Kier alpha value is -2.13. The normalized spacial score (nSPS) is 15.1. The van der Waals surface area contributed by atoms with Gasteiger partial charge in [-0.25, -0.2) is 0 Å².